The maximum atomic E-state index is 5.84. The summed E-state index contributed by atoms with van der Waals surface area (Å²) in [6.45, 7) is 6.91. The zero-order valence-electron chi connectivity index (χ0n) is 7.39. The van der Waals surface area contributed by atoms with Crippen molar-refractivity contribution < 1.29 is 0 Å². The number of rotatable bonds is 1. The summed E-state index contributed by atoms with van der Waals surface area (Å²) in [5.74, 6) is 0. The topological polar surface area (TPSA) is 26.0 Å². The molecule has 1 aromatic carbocycles. The van der Waals surface area contributed by atoms with E-state index in [-0.39, 0.29) is 0 Å². The molecule has 0 aliphatic carbocycles. The second-order valence-corrected chi connectivity index (χ2v) is 8.88. The molecule has 2 N–H and O–H groups in total. The van der Waals surface area contributed by atoms with E-state index >= 15 is 0 Å². The van der Waals surface area contributed by atoms with Crippen LogP contribution in [0.3, 0.4) is 0 Å². The summed E-state index contributed by atoms with van der Waals surface area (Å²) >= 11 is 0. The third-order valence-electron chi connectivity index (χ3n) is 1.77. The third kappa shape index (κ3) is 1.94. The Morgan fingerprint density at radius 2 is 1.64 bits per heavy atom. The molecule has 0 saturated carbocycles. The van der Waals surface area contributed by atoms with Gasteiger partial charge in [-0.1, -0.05) is 0 Å². The van der Waals surface area contributed by atoms with E-state index in [1.165, 1.54) is 5.30 Å². The minimum absolute atomic E-state index is 0.951. The van der Waals surface area contributed by atoms with Crippen molar-refractivity contribution in [1.82, 2.24) is 0 Å². The Morgan fingerprint density at radius 3 is 2.00 bits per heavy atom. The molecule has 0 atom stereocenters. The van der Waals surface area contributed by atoms with Crippen LogP contribution >= 0.6 is 7.26 Å². The summed E-state index contributed by atoms with van der Waals surface area (Å²) in [6.07, 6.45) is 0. The van der Waals surface area contributed by atoms with Gasteiger partial charge in [-0.05, 0) is 0 Å². The summed E-state index contributed by atoms with van der Waals surface area (Å²) in [6, 6.07) is 8.16. The van der Waals surface area contributed by atoms with E-state index in [0.717, 1.165) is 5.69 Å². The fourth-order valence-electron chi connectivity index (χ4n) is 1.18. The SMILES string of the molecule is C[PH](C)(C)c1ccccc1N. The number of anilines is 1. The van der Waals surface area contributed by atoms with Gasteiger partial charge in [-0.15, -0.1) is 0 Å². The van der Waals surface area contributed by atoms with Gasteiger partial charge in [0.1, 0.15) is 0 Å². The maximum absolute atomic E-state index is 5.84. The second-order valence-electron chi connectivity index (χ2n) is 3.84. The first kappa shape index (κ1) is 8.55. The first-order chi connectivity index (χ1) is 5.02. The van der Waals surface area contributed by atoms with Crippen molar-refractivity contribution in [1.29, 1.82) is 0 Å². The Kier molecular flexibility index (Phi) is 2.20. The Morgan fingerprint density at radius 1 is 1.09 bits per heavy atom. The van der Waals surface area contributed by atoms with Gasteiger partial charge < -0.3 is 0 Å². The van der Waals surface area contributed by atoms with Gasteiger partial charge in [0.25, 0.3) is 0 Å². The van der Waals surface area contributed by atoms with Crippen LogP contribution in [-0.4, -0.2) is 20.0 Å². The molecule has 11 heavy (non-hydrogen) atoms. The molecule has 0 fully saturated rings. The predicted molar refractivity (Wildman–Crippen MR) is 56.6 cm³/mol. The number of nitrogens with two attached hydrogens (primary N) is 1. The van der Waals surface area contributed by atoms with Gasteiger partial charge in [0.15, 0.2) is 0 Å². The molecule has 0 aliphatic rings. The molecule has 0 unspecified atom stereocenters. The van der Waals surface area contributed by atoms with E-state index in [1.54, 1.807) is 0 Å². The fraction of sp³-hybridized carbons (Fsp3) is 0.333. The summed E-state index contributed by atoms with van der Waals surface area (Å²) in [4.78, 5) is 0. The van der Waals surface area contributed by atoms with Crippen LogP contribution in [0, 0.1) is 0 Å². The molecule has 2 heteroatoms. The minimum atomic E-state index is -1.20. The number of benzene rings is 1. The van der Waals surface area contributed by atoms with Gasteiger partial charge in [-0.25, -0.2) is 0 Å². The van der Waals surface area contributed by atoms with Crippen LogP contribution < -0.4 is 11.0 Å². The van der Waals surface area contributed by atoms with Crippen LogP contribution in [0.15, 0.2) is 24.3 Å². The van der Waals surface area contributed by atoms with Crippen LogP contribution in [0.5, 0.6) is 0 Å². The van der Waals surface area contributed by atoms with Crippen molar-refractivity contribution in [3.8, 4) is 0 Å². The molecule has 0 amide bonds. The predicted octanol–water partition coefficient (Wildman–Crippen LogP) is 1.53. The molecule has 0 heterocycles. The molecule has 0 spiro atoms. The van der Waals surface area contributed by atoms with Crippen LogP contribution in [0.25, 0.3) is 0 Å². The molecule has 0 bridgehead atoms. The van der Waals surface area contributed by atoms with Crippen molar-refractivity contribution in [2.45, 2.75) is 0 Å². The average molecular weight is 169 g/mol. The molecular formula is C9H16NP. The normalized spacial score (nSPS) is 13.0. The van der Waals surface area contributed by atoms with E-state index < -0.39 is 7.26 Å². The van der Waals surface area contributed by atoms with Gasteiger partial charge >= 0.3 is 68.2 Å². The van der Waals surface area contributed by atoms with Crippen molar-refractivity contribution in [2.75, 3.05) is 25.7 Å². The number of hydrogen-bond acceptors (Lipinski definition) is 1. The molecule has 0 saturated heterocycles. The monoisotopic (exact) mass is 169 g/mol. The number of nitrogen functional groups attached to an aromatic ring is 1. The van der Waals surface area contributed by atoms with Crippen molar-refractivity contribution in [3.63, 3.8) is 0 Å². The zero-order valence-corrected chi connectivity index (χ0v) is 8.39. The van der Waals surface area contributed by atoms with Gasteiger partial charge in [0.2, 0.25) is 0 Å². The number of para-hydroxylation sites is 1. The van der Waals surface area contributed by atoms with Gasteiger partial charge in [0, 0.05) is 0 Å². The van der Waals surface area contributed by atoms with Crippen molar-refractivity contribution in [2.24, 2.45) is 0 Å². The molecule has 1 rings (SSSR count). The first-order valence-corrected chi connectivity index (χ1v) is 7.37. The summed E-state index contributed by atoms with van der Waals surface area (Å²) in [5.41, 5.74) is 6.79. The molecule has 62 valence electrons. The third-order valence-corrected chi connectivity index (χ3v) is 3.84. The molecule has 0 aromatic heterocycles. The Hall–Kier alpha value is -0.550. The van der Waals surface area contributed by atoms with E-state index in [2.05, 4.69) is 32.1 Å². The Labute approximate surface area is 69.0 Å². The van der Waals surface area contributed by atoms with E-state index in [0.29, 0.717) is 0 Å². The molecule has 0 radical (unpaired) electrons. The van der Waals surface area contributed by atoms with E-state index in [4.69, 9.17) is 5.73 Å². The van der Waals surface area contributed by atoms with Crippen LogP contribution in [0.4, 0.5) is 5.69 Å². The van der Waals surface area contributed by atoms with Crippen molar-refractivity contribution in [3.05, 3.63) is 24.3 Å². The number of hydrogen-bond donors (Lipinski definition) is 1. The van der Waals surface area contributed by atoms with Crippen molar-refractivity contribution >= 4 is 18.3 Å². The summed E-state index contributed by atoms with van der Waals surface area (Å²) < 4.78 is 0. The van der Waals surface area contributed by atoms with E-state index in [1.807, 2.05) is 12.1 Å². The van der Waals surface area contributed by atoms with Gasteiger partial charge in [-0.2, -0.15) is 0 Å². The first-order valence-electron chi connectivity index (χ1n) is 3.87. The average Bonchev–Trinajstić information content (AvgIpc) is 1.86. The second kappa shape index (κ2) is 2.83. The van der Waals surface area contributed by atoms with Crippen LogP contribution in [0.1, 0.15) is 0 Å². The Bertz CT molecular complexity index is 250. The molecule has 1 nitrogen and oxygen atoms in total. The quantitative estimate of drug-likeness (QED) is 0.500. The fourth-order valence-corrected chi connectivity index (χ4v) is 2.73. The standard InChI is InChI=1S/C9H16NP/c1-11(2,3)9-7-5-4-6-8(9)10/h4-7,11H,10H2,1-3H3. The molecule has 1 aromatic rings. The summed E-state index contributed by atoms with van der Waals surface area (Å²) in [5, 5.41) is 1.36. The molecule has 0 aliphatic heterocycles. The van der Waals surface area contributed by atoms with Gasteiger partial charge in [0.05, 0.1) is 0 Å². The van der Waals surface area contributed by atoms with Crippen LogP contribution in [0.2, 0.25) is 0 Å². The zero-order chi connectivity index (χ0) is 8.48. The van der Waals surface area contributed by atoms with Crippen LogP contribution in [-0.2, 0) is 0 Å². The summed E-state index contributed by atoms with van der Waals surface area (Å²) in [7, 11) is -1.20. The van der Waals surface area contributed by atoms with Gasteiger partial charge in [-0.3, -0.25) is 0 Å². The Balaban J connectivity index is 3.14. The van der Waals surface area contributed by atoms with E-state index in [9.17, 15) is 0 Å². The molecular weight excluding hydrogens is 153 g/mol.